The molecule has 0 fully saturated rings. The van der Waals surface area contributed by atoms with Crippen molar-refractivity contribution >= 4 is 11.0 Å². The number of benzene rings is 1. The van der Waals surface area contributed by atoms with Gasteiger partial charge in [0.2, 0.25) is 5.75 Å². The lowest BCUT2D eigenvalue weighted by Gasteiger charge is -2.07. The number of hydrogen-bond acceptors (Lipinski definition) is 5. The minimum atomic E-state index is -0.583. The molecule has 0 saturated carbocycles. The molecule has 0 bridgehead atoms. The van der Waals surface area contributed by atoms with Gasteiger partial charge in [0.05, 0.1) is 12.0 Å². The third kappa shape index (κ3) is 1.02. The molecule has 1 aromatic heterocycles. The summed E-state index contributed by atoms with van der Waals surface area (Å²) in [5.74, 6) is -0.0126. The molecule has 1 aliphatic rings. The fraction of sp³-hybridized carbons (Fsp3) is 0.182. The monoisotopic (exact) mass is 220 g/mol. The van der Waals surface area contributed by atoms with E-state index in [2.05, 4.69) is 0 Å². The molecule has 0 aliphatic carbocycles. The van der Waals surface area contributed by atoms with E-state index in [1.54, 1.807) is 0 Å². The molecule has 0 saturated heterocycles. The zero-order chi connectivity index (χ0) is 11.3. The average Bonchev–Trinajstić information content (AvgIpc) is 2.75. The Morgan fingerprint density at radius 2 is 2.00 bits per heavy atom. The molecule has 2 aromatic rings. The van der Waals surface area contributed by atoms with E-state index in [9.17, 15) is 15.0 Å². The Morgan fingerprint density at radius 3 is 2.81 bits per heavy atom. The normalized spacial score (nSPS) is 13.8. The number of rotatable bonds is 0. The van der Waals surface area contributed by atoms with Gasteiger partial charge in [-0.1, -0.05) is 0 Å². The Kier molecular flexibility index (Phi) is 1.65. The summed E-state index contributed by atoms with van der Waals surface area (Å²) in [6.07, 6.45) is 0.532. The quantitative estimate of drug-likeness (QED) is 0.514. The first-order chi connectivity index (χ1) is 7.68. The molecule has 1 aliphatic heterocycles. The van der Waals surface area contributed by atoms with Gasteiger partial charge < -0.3 is 19.4 Å². The van der Waals surface area contributed by atoms with E-state index >= 15 is 0 Å². The van der Waals surface area contributed by atoms with Crippen molar-refractivity contribution in [3.8, 4) is 17.2 Å². The number of ether oxygens (including phenoxy) is 1. The van der Waals surface area contributed by atoms with Crippen LogP contribution in [-0.4, -0.2) is 16.8 Å². The zero-order valence-electron chi connectivity index (χ0n) is 8.19. The van der Waals surface area contributed by atoms with Crippen molar-refractivity contribution in [1.29, 1.82) is 0 Å². The third-order valence-corrected chi connectivity index (χ3v) is 2.68. The largest absolute Gasteiger partial charge is 0.507 e. The third-order valence-electron chi connectivity index (χ3n) is 2.68. The molecule has 5 nitrogen and oxygen atoms in total. The maximum absolute atomic E-state index is 11.0. The highest BCUT2D eigenvalue weighted by atomic mass is 16.5. The Balaban J connectivity index is 2.53. The summed E-state index contributed by atoms with van der Waals surface area (Å²) >= 11 is 0. The van der Waals surface area contributed by atoms with Gasteiger partial charge in [-0.05, 0) is 6.07 Å². The second kappa shape index (κ2) is 2.91. The molecule has 0 radical (unpaired) electrons. The van der Waals surface area contributed by atoms with Gasteiger partial charge in [-0.15, -0.1) is 0 Å². The Bertz CT molecular complexity index is 641. The lowest BCUT2D eigenvalue weighted by Crippen LogP contribution is -1.95. The maximum atomic E-state index is 11.0. The molecule has 0 atom stereocenters. The standard InChI is InChI=1S/C11H8O5/c12-7-2-1-5-8(13)6-3-4-15-10(6)9(14)11(5)16-7/h1-2,13-14H,3-4H2. The van der Waals surface area contributed by atoms with Crippen molar-refractivity contribution in [2.45, 2.75) is 6.42 Å². The van der Waals surface area contributed by atoms with E-state index in [1.165, 1.54) is 12.1 Å². The predicted molar refractivity (Wildman–Crippen MR) is 55.0 cm³/mol. The fourth-order valence-corrected chi connectivity index (χ4v) is 1.94. The summed E-state index contributed by atoms with van der Waals surface area (Å²) in [7, 11) is 0. The van der Waals surface area contributed by atoms with Gasteiger partial charge in [-0.2, -0.15) is 0 Å². The van der Waals surface area contributed by atoms with Crippen LogP contribution in [0.4, 0.5) is 0 Å². The molecule has 2 heterocycles. The van der Waals surface area contributed by atoms with Crippen LogP contribution in [0, 0.1) is 0 Å². The number of fused-ring (bicyclic) bond motifs is 2. The SMILES string of the molecule is O=c1ccc2c(O)c3c(c(O)c2o1)OCC3. The van der Waals surface area contributed by atoms with Crippen LogP contribution < -0.4 is 10.4 Å². The topological polar surface area (TPSA) is 79.9 Å². The summed E-state index contributed by atoms with van der Waals surface area (Å²) in [4.78, 5) is 11.0. The van der Waals surface area contributed by atoms with Gasteiger partial charge in [0.1, 0.15) is 5.75 Å². The minimum absolute atomic E-state index is 0.00375. The van der Waals surface area contributed by atoms with Crippen LogP contribution in [0.25, 0.3) is 11.0 Å². The molecule has 1 aromatic carbocycles. The first-order valence-corrected chi connectivity index (χ1v) is 4.82. The number of phenolic OH excluding ortho intramolecular Hbond substituents is 2. The van der Waals surface area contributed by atoms with Crippen LogP contribution in [0.1, 0.15) is 5.56 Å². The summed E-state index contributed by atoms with van der Waals surface area (Å²) in [6.45, 7) is 0.400. The summed E-state index contributed by atoms with van der Waals surface area (Å²) < 4.78 is 10.0. The molecular formula is C11H8O5. The van der Waals surface area contributed by atoms with E-state index in [0.717, 1.165) is 0 Å². The van der Waals surface area contributed by atoms with Crippen LogP contribution in [-0.2, 0) is 6.42 Å². The van der Waals surface area contributed by atoms with Crippen LogP contribution >= 0.6 is 0 Å². The van der Waals surface area contributed by atoms with Crippen LogP contribution in [0.15, 0.2) is 21.3 Å². The smallest absolute Gasteiger partial charge is 0.336 e. The van der Waals surface area contributed by atoms with Crippen molar-refractivity contribution in [1.82, 2.24) is 0 Å². The molecule has 0 amide bonds. The Labute approximate surface area is 89.5 Å². The van der Waals surface area contributed by atoms with E-state index in [-0.39, 0.29) is 22.8 Å². The summed E-state index contributed by atoms with van der Waals surface area (Å²) in [6, 6.07) is 2.62. The van der Waals surface area contributed by atoms with Gasteiger partial charge in [-0.25, -0.2) is 4.79 Å². The van der Waals surface area contributed by atoms with Crippen molar-refractivity contribution in [3.63, 3.8) is 0 Å². The van der Waals surface area contributed by atoms with Crippen LogP contribution in [0.3, 0.4) is 0 Å². The molecule has 16 heavy (non-hydrogen) atoms. The maximum Gasteiger partial charge on any atom is 0.336 e. The van der Waals surface area contributed by atoms with Crippen molar-refractivity contribution in [2.24, 2.45) is 0 Å². The number of hydrogen-bond donors (Lipinski definition) is 2. The number of aromatic hydroxyl groups is 2. The second-order valence-corrected chi connectivity index (χ2v) is 3.60. The number of phenols is 2. The fourth-order valence-electron chi connectivity index (χ4n) is 1.94. The lowest BCUT2D eigenvalue weighted by molar-refractivity contribution is 0.333. The molecule has 2 N–H and O–H groups in total. The molecule has 5 heteroatoms. The van der Waals surface area contributed by atoms with Crippen LogP contribution in [0.5, 0.6) is 17.2 Å². The van der Waals surface area contributed by atoms with E-state index < -0.39 is 5.63 Å². The average molecular weight is 220 g/mol. The van der Waals surface area contributed by atoms with Crippen molar-refractivity contribution in [3.05, 3.63) is 28.1 Å². The minimum Gasteiger partial charge on any atom is -0.507 e. The zero-order valence-corrected chi connectivity index (χ0v) is 8.19. The van der Waals surface area contributed by atoms with Crippen LogP contribution in [0.2, 0.25) is 0 Å². The molecule has 82 valence electrons. The molecule has 0 spiro atoms. The van der Waals surface area contributed by atoms with Crippen molar-refractivity contribution < 1.29 is 19.4 Å². The Hall–Kier alpha value is -2.17. The summed E-state index contributed by atoms with van der Waals surface area (Å²) in [5, 5.41) is 20.1. The highest BCUT2D eigenvalue weighted by Crippen LogP contribution is 2.46. The first-order valence-electron chi connectivity index (χ1n) is 4.82. The van der Waals surface area contributed by atoms with Gasteiger partial charge >= 0.3 is 5.63 Å². The predicted octanol–water partition coefficient (Wildman–Crippen LogP) is 1.14. The highest BCUT2D eigenvalue weighted by molar-refractivity contribution is 5.92. The second-order valence-electron chi connectivity index (χ2n) is 3.60. The van der Waals surface area contributed by atoms with E-state index in [1.807, 2.05) is 0 Å². The van der Waals surface area contributed by atoms with Gasteiger partial charge in [0.25, 0.3) is 0 Å². The van der Waals surface area contributed by atoms with Crippen molar-refractivity contribution in [2.75, 3.05) is 6.61 Å². The van der Waals surface area contributed by atoms with Gasteiger partial charge in [-0.3, -0.25) is 0 Å². The van der Waals surface area contributed by atoms with E-state index in [4.69, 9.17) is 9.15 Å². The molecule has 0 unspecified atom stereocenters. The van der Waals surface area contributed by atoms with Gasteiger partial charge in [0.15, 0.2) is 11.3 Å². The molecule has 3 rings (SSSR count). The first kappa shape index (κ1) is 9.08. The summed E-state index contributed by atoms with van der Waals surface area (Å²) in [5.41, 5.74) is -0.0651. The van der Waals surface area contributed by atoms with E-state index in [0.29, 0.717) is 24.0 Å². The lowest BCUT2D eigenvalue weighted by atomic mass is 10.1. The highest BCUT2D eigenvalue weighted by Gasteiger charge is 2.25. The Morgan fingerprint density at radius 1 is 1.19 bits per heavy atom. The molecular weight excluding hydrogens is 212 g/mol. The van der Waals surface area contributed by atoms with Gasteiger partial charge in [0, 0.05) is 18.1 Å².